The van der Waals surface area contributed by atoms with Gasteiger partial charge in [0.1, 0.15) is 5.75 Å². The molecule has 0 unspecified atom stereocenters. The molecule has 1 saturated heterocycles. The maximum Gasteiger partial charge on any atom is 0.226 e. The second-order valence-electron chi connectivity index (χ2n) is 5.48. The molecule has 22 heavy (non-hydrogen) atoms. The number of piperazine rings is 1. The molecule has 1 amide bonds. The van der Waals surface area contributed by atoms with Crippen molar-refractivity contribution in [2.45, 2.75) is 12.8 Å². The number of carbonyl (C=O) groups excluding carboxylic acids is 1. The summed E-state index contributed by atoms with van der Waals surface area (Å²) in [6, 6.07) is 9.62. The Labute approximate surface area is 132 Å². The minimum Gasteiger partial charge on any atom is -0.493 e. The largest absolute Gasteiger partial charge is 0.493 e. The number of rotatable bonds is 8. The van der Waals surface area contributed by atoms with Crippen LogP contribution in [0.3, 0.4) is 0 Å². The molecule has 0 spiro atoms. The van der Waals surface area contributed by atoms with E-state index in [2.05, 4.69) is 4.90 Å². The quantitative estimate of drug-likeness (QED) is 0.685. The fourth-order valence-corrected chi connectivity index (χ4v) is 2.58. The van der Waals surface area contributed by atoms with E-state index in [1.807, 2.05) is 35.2 Å². The van der Waals surface area contributed by atoms with Gasteiger partial charge in [-0.3, -0.25) is 9.69 Å². The summed E-state index contributed by atoms with van der Waals surface area (Å²) in [6.07, 6.45) is 1.49. The van der Waals surface area contributed by atoms with Crippen LogP contribution in [0, 0.1) is 0 Å². The Balaban J connectivity index is 1.61. The van der Waals surface area contributed by atoms with E-state index in [0.717, 1.165) is 51.5 Å². The first kappa shape index (κ1) is 16.8. The van der Waals surface area contributed by atoms with E-state index < -0.39 is 0 Å². The summed E-state index contributed by atoms with van der Waals surface area (Å²) in [6.45, 7) is 5.83. The van der Waals surface area contributed by atoms with Crippen molar-refractivity contribution >= 4 is 5.91 Å². The van der Waals surface area contributed by atoms with Gasteiger partial charge in [-0.05, 0) is 18.6 Å². The van der Waals surface area contributed by atoms with Crippen LogP contribution < -0.4 is 4.74 Å². The zero-order chi connectivity index (χ0) is 15.6. The van der Waals surface area contributed by atoms with Gasteiger partial charge in [0.15, 0.2) is 0 Å². The summed E-state index contributed by atoms with van der Waals surface area (Å²) in [5.41, 5.74) is 0. The third-order valence-electron chi connectivity index (χ3n) is 3.88. The normalized spacial score (nSPS) is 15.8. The lowest BCUT2D eigenvalue weighted by molar-refractivity contribution is -0.133. The lowest BCUT2D eigenvalue weighted by Crippen LogP contribution is -2.49. The predicted octanol–water partition coefficient (Wildman–Crippen LogP) is 1.64. The van der Waals surface area contributed by atoms with Crippen molar-refractivity contribution in [3.8, 4) is 5.75 Å². The van der Waals surface area contributed by atoms with Crippen molar-refractivity contribution in [1.29, 1.82) is 0 Å². The van der Waals surface area contributed by atoms with Crippen LogP contribution in [-0.2, 0) is 9.53 Å². The average Bonchev–Trinajstić information content (AvgIpc) is 2.56. The SMILES string of the molecule is COCCCN1CCN(C(=O)CCOc2ccccc2)CC1. The molecule has 0 N–H and O–H groups in total. The maximum absolute atomic E-state index is 12.2. The minimum atomic E-state index is 0.187. The molecule has 0 radical (unpaired) electrons. The Hall–Kier alpha value is -1.59. The van der Waals surface area contributed by atoms with E-state index in [-0.39, 0.29) is 5.91 Å². The highest BCUT2D eigenvalue weighted by atomic mass is 16.5. The van der Waals surface area contributed by atoms with Gasteiger partial charge in [-0.2, -0.15) is 0 Å². The molecule has 0 saturated carbocycles. The van der Waals surface area contributed by atoms with Gasteiger partial charge < -0.3 is 14.4 Å². The second-order valence-corrected chi connectivity index (χ2v) is 5.48. The van der Waals surface area contributed by atoms with E-state index in [0.29, 0.717) is 13.0 Å². The lowest BCUT2D eigenvalue weighted by atomic mass is 10.2. The molecule has 1 aromatic rings. The number of methoxy groups -OCH3 is 1. The number of hydrogen-bond donors (Lipinski definition) is 0. The molecule has 0 aromatic heterocycles. The number of ether oxygens (including phenoxy) is 2. The van der Waals surface area contributed by atoms with Gasteiger partial charge in [0, 0.05) is 46.4 Å². The minimum absolute atomic E-state index is 0.187. The molecule has 122 valence electrons. The van der Waals surface area contributed by atoms with E-state index in [4.69, 9.17) is 9.47 Å². The summed E-state index contributed by atoms with van der Waals surface area (Å²) in [5.74, 6) is 1.01. The van der Waals surface area contributed by atoms with Crippen LogP contribution in [0.15, 0.2) is 30.3 Å². The predicted molar refractivity (Wildman–Crippen MR) is 86.1 cm³/mol. The van der Waals surface area contributed by atoms with E-state index in [9.17, 15) is 4.79 Å². The number of amides is 1. The van der Waals surface area contributed by atoms with Gasteiger partial charge in [-0.1, -0.05) is 18.2 Å². The van der Waals surface area contributed by atoms with Crippen LogP contribution in [0.4, 0.5) is 0 Å². The first-order chi connectivity index (χ1) is 10.8. The zero-order valence-corrected chi connectivity index (χ0v) is 13.4. The summed E-state index contributed by atoms with van der Waals surface area (Å²) >= 11 is 0. The van der Waals surface area contributed by atoms with E-state index >= 15 is 0 Å². The number of para-hydroxylation sites is 1. The third kappa shape index (κ3) is 5.66. The van der Waals surface area contributed by atoms with Crippen molar-refractivity contribution in [3.63, 3.8) is 0 Å². The van der Waals surface area contributed by atoms with Crippen LogP contribution in [0.5, 0.6) is 5.75 Å². The Kier molecular flexibility index (Phi) is 7.19. The van der Waals surface area contributed by atoms with Gasteiger partial charge in [0.05, 0.1) is 13.0 Å². The monoisotopic (exact) mass is 306 g/mol. The van der Waals surface area contributed by atoms with E-state index in [1.54, 1.807) is 7.11 Å². The molecule has 1 aliphatic heterocycles. The molecule has 1 heterocycles. The molecule has 1 fully saturated rings. The number of hydrogen-bond acceptors (Lipinski definition) is 4. The Morgan fingerprint density at radius 2 is 1.82 bits per heavy atom. The zero-order valence-electron chi connectivity index (χ0n) is 13.4. The molecule has 5 nitrogen and oxygen atoms in total. The third-order valence-corrected chi connectivity index (χ3v) is 3.88. The molecule has 5 heteroatoms. The van der Waals surface area contributed by atoms with E-state index in [1.165, 1.54) is 0 Å². The van der Waals surface area contributed by atoms with Crippen molar-refractivity contribution in [3.05, 3.63) is 30.3 Å². The Bertz CT molecular complexity index is 431. The Morgan fingerprint density at radius 1 is 1.09 bits per heavy atom. The van der Waals surface area contributed by atoms with Gasteiger partial charge in [0.2, 0.25) is 5.91 Å². The molecular weight excluding hydrogens is 280 g/mol. The van der Waals surface area contributed by atoms with Crippen molar-refractivity contribution < 1.29 is 14.3 Å². The van der Waals surface area contributed by atoms with Crippen LogP contribution in [0.2, 0.25) is 0 Å². The van der Waals surface area contributed by atoms with Gasteiger partial charge >= 0.3 is 0 Å². The van der Waals surface area contributed by atoms with Crippen molar-refractivity contribution in [1.82, 2.24) is 9.80 Å². The number of nitrogens with zero attached hydrogens (tertiary/aromatic N) is 2. The Morgan fingerprint density at radius 3 is 2.50 bits per heavy atom. The first-order valence-electron chi connectivity index (χ1n) is 7.96. The average molecular weight is 306 g/mol. The number of carbonyl (C=O) groups is 1. The fraction of sp³-hybridized carbons (Fsp3) is 0.588. The topological polar surface area (TPSA) is 42.0 Å². The van der Waals surface area contributed by atoms with Crippen LogP contribution >= 0.6 is 0 Å². The summed E-state index contributed by atoms with van der Waals surface area (Å²) in [4.78, 5) is 16.5. The summed E-state index contributed by atoms with van der Waals surface area (Å²) in [5, 5.41) is 0. The van der Waals surface area contributed by atoms with Crippen LogP contribution in [-0.4, -0.2) is 68.8 Å². The number of benzene rings is 1. The molecule has 0 aliphatic carbocycles. The van der Waals surface area contributed by atoms with Gasteiger partial charge in [0.25, 0.3) is 0 Å². The highest BCUT2D eigenvalue weighted by Gasteiger charge is 2.20. The highest BCUT2D eigenvalue weighted by molar-refractivity contribution is 5.76. The standard InChI is InChI=1S/C17H26N2O3/c1-21-14-5-9-18-10-12-19(13-11-18)17(20)8-15-22-16-6-3-2-4-7-16/h2-4,6-7H,5,8-15H2,1H3. The highest BCUT2D eigenvalue weighted by Crippen LogP contribution is 2.09. The summed E-state index contributed by atoms with van der Waals surface area (Å²) < 4.78 is 10.7. The molecule has 1 aliphatic rings. The smallest absolute Gasteiger partial charge is 0.226 e. The lowest BCUT2D eigenvalue weighted by Gasteiger charge is -2.34. The molecule has 1 aromatic carbocycles. The molecule has 0 bridgehead atoms. The van der Waals surface area contributed by atoms with Gasteiger partial charge in [-0.25, -0.2) is 0 Å². The first-order valence-corrected chi connectivity index (χ1v) is 7.96. The van der Waals surface area contributed by atoms with Crippen molar-refractivity contribution in [2.24, 2.45) is 0 Å². The maximum atomic E-state index is 12.2. The molecular formula is C17H26N2O3. The second kappa shape index (κ2) is 9.43. The van der Waals surface area contributed by atoms with Crippen LogP contribution in [0.1, 0.15) is 12.8 Å². The fourth-order valence-electron chi connectivity index (χ4n) is 2.58. The molecule has 0 atom stereocenters. The summed E-state index contributed by atoms with van der Waals surface area (Å²) in [7, 11) is 1.73. The van der Waals surface area contributed by atoms with Gasteiger partial charge in [-0.15, -0.1) is 0 Å². The van der Waals surface area contributed by atoms with Crippen LogP contribution in [0.25, 0.3) is 0 Å². The molecule has 2 rings (SSSR count). The van der Waals surface area contributed by atoms with Crippen molar-refractivity contribution in [2.75, 3.05) is 53.0 Å².